The van der Waals surface area contributed by atoms with Crippen molar-refractivity contribution in [1.82, 2.24) is 14.8 Å². The summed E-state index contributed by atoms with van der Waals surface area (Å²) in [4.78, 5) is 19.8. The van der Waals surface area contributed by atoms with Gasteiger partial charge in [0.2, 0.25) is 0 Å². The van der Waals surface area contributed by atoms with Gasteiger partial charge in [-0.15, -0.1) is 0 Å². The van der Waals surface area contributed by atoms with Crippen LogP contribution in [-0.2, 0) is 6.54 Å². The van der Waals surface area contributed by atoms with E-state index in [4.69, 9.17) is 28.2 Å². The quantitative estimate of drug-likeness (QED) is 0.392. The molecular formula is C21H18Cl2N4OS. The number of thiazole rings is 1. The number of halogens is 2. The van der Waals surface area contributed by atoms with Crippen LogP contribution >= 0.6 is 34.5 Å². The second-order valence-corrected chi connectivity index (χ2v) is 8.63. The van der Waals surface area contributed by atoms with Gasteiger partial charge in [-0.1, -0.05) is 40.6 Å². The van der Waals surface area contributed by atoms with Crippen molar-refractivity contribution >= 4 is 55.8 Å². The van der Waals surface area contributed by atoms with E-state index in [1.54, 1.807) is 34.0 Å². The van der Waals surface area contributed by atoms with E-state index in [9.17, 15) is 4.79 Å². The van der Waals surface area contributed by atoms with Gasteiger partial charge in [0, 0.05) is 24.0 Å². The average molecular weight is 445 g/mol. The van der Waals surface area contributed by atoms with Gasteiger partial charge >= 0.3 is 0 Å². The van der Waals surface area contributed by atoms with Gasteiger partial charge in [-0.3, -0.25) is 14.4 Å². The van der Waals surface area contributed by atoms with Gasteiger partial charge in [0.05, 0.1) is 27.3 Å². The maximum atomic E-state index is 13.4. The van der Waals surface area contributed by atoms with Gasteiger partial charge in [0.1, 0.15) is 0 Å². The molecule has 0 aliphatic carbocycles. The number of carbonyl (C=O) groups excluding carboxylic acids is 1. The Morgan fingerprint density at radius 3 is 2.76 bits per heavy atom. The average Bonchev–Trinajstić information content (AvgIpc) is 3.31. The second-order valence-electron chi connectivity index (χ2n) is 6.78. The molecule has 0 saturated carbocycles. The minimum Gasteiger partial charge on any atom is -0.282 e. The molecule has 0 aliphatic heterocycles. The Hall–Kier alpha value is -2.41. The molecule has 29 heavy (non-hydrogen) atoms. The molecule has 0 spiro atoms. The number of fused-ring (bicyclic) bond motifs is 1. The lowest BCUT2D eigenvalue weighted by Crippen LogP contribution is -2.34. The van der Waals surface area contributed by atoms with Crippen LogP contribution in [0.4, 0.5) is 5.13 Å². The first-order valence-electron chi connectivity index (χ1n) is 9.04. The summed E-state index contributed by atoms with van der Waals surface area (Å²) in [7, 11) is 0. The predicted molar refractivity (Wildman–Crippen MR) is 119 cm³/mol. The number of hydrogen-bond acceptors (Lipinski definition) is 4. The summed E-state index contributed by atoms with van der Waals surface area (Å²) in [6.45, 7) is 5.04. The van der Waals surface area contributed by atoms with Crippen molar-refractivity contribution < 1.29 is 4.79 Å². The first-order valence-corrected chi connectivity index (χ1v) is 10.6. The molecule has 0 bridgehead atoms. The summed E-state index contributed by atoms with van der Waals surface area (Å²) in [5, 5.41) is 5.67. The topological polar surface area (TPSA) is 51.0 Å². The van der Waals surface area contributed by atoms with E-state index in [2.05, 4.69) is 24.2 Å². The number of aryl methyl sites for hydroxylation is 2. The van der Waals surface area contributed by atoms with Crippen LogP contribution < -0.4 is 4.90 Å². The van der Waals surface area contributed by atoms with Gasteiger partial charge in [0.25, 0.3) is 5.91 Å². The minimum absolute atomic E-state index is 0.216. The number of aromatic nitrogens is 3. The smallest absolute Gasteiger partial charge is 0.261 e. The number of benzene rings is 2. The Morgan fingerprint density at radius 1 is 1.21 bits per heavy atom. The first-order chi connectivity index (χ1) is 13.9. The van der Waals surface area contributed by atoms with Crippen LogP contribution in [0.15, 0.2) is 48.8 Å². The van der Waals surface area contributed by atoms with Crippen molar-refractivity contribution in [2.75, 3.05) is 11.4 Å². The Bertz CT molecular complexity index is 1190. The third-order valence-corrected chi connectivity index (χ3v) is 6.14. The number of nitrogens with zero attached hydrogens (tertiary/aromatic N) is 4. The van der Waals surface area contributed by atoms with Gasteiger partial charge < -0.3 is 0 Å². The standard InChI is InChI=1S/C21H18Cl2N4OS/c1-13-10-14(2)19-18(11-13)29-21(25-19)27(9-8-26-7-3-6-24-26)20(28)16-5-4-15(22)12-17(16)23/h3-7,10-12H,8-9H2,1-2H3. The van der Waals surface area contributed by atoms with Gasteiger partial charge in [0.15, 0.2) is 5.13 Å². The predicted octanol–water partition coefficient (Wildman–Crippen LogP) is 5.76. The molecule has 0 unspecified atom stereocenters. The number of anilines is 1. The highest BCUT2D eigenvalue weighted by molar-refractivity contribution is 7.22. The van der Waals surface area contributed by atoms with Crippen molar-refractivity contribution in [2.45, 2.75) is 20.4 Å². The minimum atomic E-state index is -0.216. The highest BCUT2D eigenvalue weighted by Gasteiger charge is 2.24. The third kappa shape index (κ3) is 4.15. The fourth-order valence-electron chi connectivity index (χ4n) is 3.20. The lowest BCUT2D eigenvalue weighted by atomic mass is 10.1. The van der Waals surface area contributed by atoms with E-state index in [1.165, 1.54) is 16.9 Å². The largest absolute Gasteiger partial charge is 0.282 e. The van der Waals surface area contributed by atoms with E-state index in [1.807, 2.05) is 19.2 Å². The van der Waals surface area contributed by atoms with Gasteiger partial charge in [-0.25, -0.2) is 4.98 Å². The lowest BCUT2D eigenvalue weighted by molar-refractivity contribution is 0.0986. The zero-order valence-corrected chi connectivity index (χ0v) is 18.2. The molecule has 148 valence electrons. The molecular weight excluding hydrogens is 427 g/mol. The highest BCUT2D eigenvalue weighted by Crippen LogP contribution is 2.33. The number of rotatable bonds is 5. The lowest BCUT2D eigenvalue weighted by Gasteiger charge is -2.20. The van der Waals surface area contributed by atoms with Crippen molar-refractivity contribution in [3.63, 3.8) is 0 Å². The summed E-state index contributed by atoms with van der Waals surface area (Å²) in [6, 6.07) is 10.9. The zero-order chi connectivity index (χ0) is 20.5. The Balaban J connectivity index is 1.75. The van der Waals surface area contributed by atoms with E-state index >= 15 is 0 Å². The Labute approximate surface area is 182 Å². The van der Waals surface area contributed by atoms with Crippen LogP contribution in [0.3, 0.4) is 0 Å². The fourth-order valence-corrected chi connectivity index (χ4v) is 4.86. The molecule has 0 N–H and O–H groups in total. The first kappa shape index (κ1) is 19.9. The van der Waals surface area contributed by atoms with Crippen LogP contribution in [0, 0.1) is 13.8 Å². The fraction of sp³-hybridized carbons (Fsp3) is 0.190. The summed E-state index contributed by atoms with van der Waals surface area (Å²) in [5.74, 6) is -0.216. The van der Waals surface area contributed by atoms with Crippen molar-refractivity contribution in [3.05, 3.63) is 75.5 Å². The third-order valence-electron chi connectivity index (χ3n) is 4.57. The molecule has 5 nitrogen and oxygen atoms in total. The molecule has 2 aromatic carbocycles. The van der Waals surface area contributed by atoms with Crippen molar-refractivity contribution in [2.24, 2.45) is 0 Å². The second kappa shape index (κ2) is 8.14. The van der Waals surface area contributed by atoms with Crippen LogP contribution in [-0.4, -0.2) is 27.2 Å². The SMILES string of the molecule is Cc1cc(C)c2nc(N(CCn3cccn3)C(=O)c3ccc(Cl)cc3Cl)sc2c1. The summed E-state index contributed by atoms with van der Waals surface area (Å²) < 4.78 is 2.84. The van der Waals surface area contributed by atoms with E-state index < -0.39 is 0 Å². The van der Waals surface area contributed by atoms with Crippen LogP contribution in [0.5, 0.6) is 0 Å². The molecule has 1 amide bonds. The van der Waals surface area contributed by atoms with E-state index in [0.29, 0.717) is 33.8 Å². The number of hydrogen-bond donors (Lipinski definition) is 0. The molecule has 0 atom stereocenters. The summed E-state index contributed by atoms with van der Waals surface area (Å²) in [5.41, 5.74) is 3.56. The van der Waals surface area contributed by atoms with Crippen LogP contribution in [0.1, 0.15) is 21.5 Å². The molecule has 4 rings (SSSR count). The van der Waals surface area contributed by atoms with Crippen LogP contribution in [0.25, 0.3) is 10.2 Å². The Morgan fingerprint density at radius 2 is 2.03 bits per heavy atom. The number of carbonyl (C=O) groups is 1. The highest BCUT2D eigenvalue weighted by atomic mass is 35.5. The van der Waals surface area contributed by atoms with Gasteiger partial charge in [-0.05, 0) is 55.3 Å². The monoisotopic (exact) mass is 444 g/mol. The van der Waals surface area contributed by atoms with Crippen molar-refractivity contribution in [1.29, 1.82) is 0 Å². The van der Waals surface area contributed by atoms with Crippen molar-refractivity contribution in [3.8, 4) is 0 Å². The van der Waals surface area contributed by atoms with Crippen LogP contribution in [0.2, 0.25) is 10.0 Å². The zero-order valence-electron chi connectivity index (χ0n) is 15.9. The number of amides is 1. The Kier molecular flexibility index (Phi) is 5.58. The summed E-state index contributed by atoms with van der Waals surface area (Å²) in [6.07, 6.45) is 3.58. The van der Waals surface area contributed by atoms with E-state index in [-0.39, 0.29) is 5.91 Å². The molecule has 2 heterocycles. The molecule has 0 saturated heterocycles. The maximum Gasteiger partial charge on any atom is 0.261 e. The van der Waals surface area contributed by atoms with E-state index in [0.717, 1.165) is 15.8 Å². The molecule has 4 aromatic rings. The normalized spacial score (nSPS) is 11.2. The molecule has 0 radical (unpaired) electrons. The molecule has 0 aliphatic rings. The van der Waals surface area contributed by atoms with Gasteiger partial charge in [-0.2, -0.15) is 5.10 Å². The molecule has 2 aromatic heterocycles. The maximum absolute atomic E-state index is 13.4. The molecule has 0 fully saturated rings. The molecule has 8 heteroatoms. The summed E-state index contributed by atoms with van der Waals surface area (Å²) >= 11 is 13.8.